The monoisotopic (exact) mass is 174 g/mol. The molecule has 1 heterocycles. The van der Waals surface area contributed by atoms with Crippen LogP contribution in [-0.4, -0.2) is 4.98 Å². The number of hydrogen-bond acceptors (Lipinski definition) is 2. The third-order valence-corrected chi connectivity index (χ3v) is 1.61. The van der Waals surface area contributed by atoms with Crippen molar-refractivity contribution in [2.45, 2.75) is 13.0 Å². The second-order valence-electron chi connectivity index (χ2n) is 2.33. The number of pyridine rings is 1. The van der Waals surface area contributed by atoms with Crippen molar-refractivity contribution in [3.8, 4) is 0 Å². The van der Waals surface area contributed by atoms with Crippen molar-refractivity contribution in [1.29, 1.82) is 0 Å². The summed E-state index contributed by atoms with van der Waals surface area (Å²) in [5.74, 6) is -0.656. The first kappa shape index (κ1) is 8.43. The smallest absolute Gasteiger partial charge is 0.231 e. The van der Waals surface area contributed by atoms with Crippen LogP contribution >= 0.6 is 11.6 Å². The first-order valence-electron chi connectivity index (χ1n) is 3.18. The molecule has 0 aliphatic heterocycles. The average molecular weight is 175 g/mol. The summed E-state index contributed by atoms with van der Waals surface area (Å²) in [5, 5.41) is 0.0137. The molecule has 0 spiro atoms. The summed E-state index contributed by atoms with van der Waals surface area (Å²) in [5.41, 5.74) is 6.24. The Morgan fingerprint density at radius 1 is 1.73 bits per heavy atom. The molecule has 0 bridgehead atoms. The van der Waals surface area contributed by atoms with E-state index in [-0.39, 0.29) is 11.1 Å². The van der Waals surface area contributed by atoms with Crippen LogP contribution in [0.2, 0.25) is 5.02 Å². The molecule has 0 fully saturated rings. The fourth-order valence-electron chi connectivity index (χ4n) is 0.685. The van der Waals surface area contributed by atoms with Crippen LogP contribution in [0.1, 0.15) is 18.5 Å². The largest absolute Gasteiger partial charge is 0.324 e. The molecule has 11 heavy (non-hydrogen) atoms. The molecule has 1 rings (SSSR count). The molecule has 1 aromatic rings. The summed E-state index contributed by atoms with van der Waals surface area (Å²) in [6, 6.07) is 1.31. The van der Waals surface area contributed by atoms with Gasteiger partial charge >= 0.3 is 0 Å². The van der Waals surface area contributed by atoms with E-state index in [0.29, 0.717) is 0 Å². The molecule has 0 radical (unpaired) electrons. The molecule has 0 aromatic carbocycles. The first-order valence-corrected chi connectivity index (χ1v) is 3.55. The molecule has 1 aromatic heterocycles. The molecular weight excluding hydrogens is 167 g/mol. The van der Waals surface area contributed by atoms with Gasteiger partial charge in [0.25, 0.3) is 0 Å². The van der Waals surface area contributed by atoms with Crippen LogP contribution in [0.5, 0.6) is 0 Å². The van der Waals surface area contributed by atoms with Crippen molar-refractivity contribution in [2.75, 3.05) is 0 Å². The molecule has 60 valence electrons. The minimum Gasteiger partial charge on any atom is -0.324 e. The minimum atomic E-state index is -0.656. The molecule has 0 aliphatic rings. The Morgan fingerprint density at radius 3 is 2.82 bits per heavy atom. The minimum absolute atomic E-state index is 0.0137. The highest BCUT2D eigenvalue weighted by Gasteiger charge is 2.04. The van der Waals surface area contributed by atoms with Gasteiger partial charge in [-0.2, -0.15) is 4.39 Å². The van der Waals surface area contributed by atoms with Gasteiger partial charge in [0.05, 0.1) is 5.02 Å². The number of rotatable bonds is 1. The van der Waals surface area contributed by atoms with Gasteiger partial charge in [-0.25, -0.2) is 4.98 Å². The fraction of sp³-hybridized carbons (Fsp3) is 0.286. The van der Waals surface area contributed by atoms with Crippen LogP contribution in [0.3, 0.4) is 0 Å². The Balaban J connectivity index is 3.05. The number of aromatic nitrogens is 1. The summed E-state index contributed by atoms with van der Waals surface area (Å²) < 4.78 is 12.5. The highest BCUT2D eigenvalue weighted by molar-refractivity contribution is 6.30. The van der Waals surface area contributed by atoms with Crippen LogP contribution in [-0.2, 0) is 0 Å². The lowest BCUT2D eigenvalue weighted by molar-refractivity contribution is 0.581. The predicted molar refractivity (Wildman–Crippen MR) is 41.8 cm³/mol. The first-order chi connectivity index (χ1) is 5.11. The Kier molecular flexibility index (Phi) is 2.42. The van der Waals surface area contributed by atoms with Gasteiger partial charge in [0, 0.05) is 12.2 Å². The molecule has 2 nitrogen and oxygen atoms in total. The van der Waals surface area contributed by atoms with Gasteiger partial charge < -0.3 is 5.73 Å². The highest BCUT2D eigenvalue weighted by Crippen LogP contribution is 2.16. The molecular formula is C7H8ClFN2. The summed E-state index contributed by atoms with van der Waals surface area (Å²) in [6.07, 6.45) is 1.38. The third-order valence-electron chi connectivity index (χ3n) is 1.34. The lowest BCUT2D eigenvalue weighted by atomic mass is 10.2. The van der Waals surface area contributed by atoms with E-state index in [1.165, 1.54) is 12.3 Å². The van der Waals surface area contributed by atoms with E-state index in [0.717, 1.165) is 5.56 Å². The van der Waals surface area contributed by atoms with E-state index in [4.69, 9.17) is 17.3 Å². The molecule has 2 N–H and O–H groups in total. The van der Waals surface area contributed by atoms with Crippen molar-refractivity contribution in [1.82, 2.24) is 4.98 Å². The van der Waals surface area contributed by atoms with E-state index < -0.39 is 5.95 Å². The van der Waals surface area contributed by atoms with Crippen molar-refractivity contribution in [2.24, 2.45) is 5.73 Å². The zero-order valence-corrected chi connectivity index (χ0v) is 6.77. The Hall–Kier alpha value is -0.670. The molecule has 1 unspecified atom stereocenters. The van der Waals surface area contributed by atoms with Crippen molar-refractivity contribution in [3.05, 3.63) is 28.8 Å². The van der Waals surface area contributed by atoms with Gasteiger partial charge in [0.2, 0.25) is 5.95 Å². The highest BCUT2D eigenvalue weighted by atomic mass is 35.5. The van der Waals surface area contributed by atoms with E-state index in [9.17, 15) is 4.39 Å². The maximum Gasteiger partial charge on any atom is 0.231 e. The van der Waals surface area contributed by atoms with Gasteiger partial charge in [0.1, 0.15) is 0 Å². The van der Waals surface area contributed by atoms with Crippen molar-refractivity contribution in [3.63, 3.8) is 0 Å². The molecule has 0 saturated heterocycles. The van der Waals surface area contributed by atoms with Crippen LogP contribution in [0.15, 0.2) is 12.3 Å². The zero-order chi connectivity index (χ0) is 8.43. The lowest BCUT2D eigenvalue weighted by Gasteiger charge is -2.04. The summed E-state index contributed by atoms with van der Waals surface area (Å²) in [4.78, 5) is 3.42. The second kappa shape index (κ2) is 3.15. The maximum absolute atomic E-state index is 12.5. The molecule has 4 heteroatoms. The molecule has 0 saturated carbocycles. The van der Waals surface area contributed by atoms with Crippen LogP contribution in [0.4, 0.5) is 4.39 Å². The second-order valence-corrected chi connectivity index (χ2v) is 2.74. The van der Waals surface area contributed by atoms with Crippen LogP contribution in [0.25, 0.3) is 0 Å². The van der Waals surface area contributed by atoms with Gasteiger partial charge in [-0.3, -0.25) is 0 Å². The normalized spacial score (nSPS) is 13.1. The Labute approximate surface area is 69.2 Å². The SMILES string of the molecule is CC(N)c1cnc(F)c(Cl)c1. The molecule has 0 amide bonds. The standard InChI is InChI=1S/C7H8ClFN2/c1-4(10)5-2-6(8)7(9)11-3-5/h2-4H,10H2,1H3. The number of nitrogens with zero attached hydrogens (tertiary/aromatic N) is 1. The lowest BCUT2D eigenvalue weighted by Crippen LogP contribution is -2.05. The average Bonchev–Trinajstić information content (AvgIpc) is 1.94. The third kappa shape index (κ3) is 1.88. The van der Waals surface area contributed by atoms with E-state index >= 15 is 0 Å². The van der Waals surface area contributed by atoms with Gasteiger partial charge in [0.15, 0.2) is 0 Å². The Morgan fingerprint density at radius 2 is 2.36 bits per heavy atom. The van der Waals surface area contributed by atoms with E-state index in [1.54, 1.807) is 6.92 Å². The van der Waals surface area contributed by atoms with Crippen LogP contribution in [0, 0.1) is 5.95 Å². The molecule has 1 atom stereocenters. The Bertz CT molecular complexity index is 263. The molecule has 0 aliphatic carbocycles. The number of nitrogens with two attached hydrogens (primary N) is 1. The van der Waals surface area contributed by atoms with Gasteiger partial charge in [-0.1, -0.05) is 11.6 Å². The van der Waals surface area contributed by atoms with Crippen LogP contribution < -0.4 is 5.73 Å². The maximum atomic E-state index is 12.5. The van der Waals surface area contributed by atoms with Gasteiger partial charge in [-0.15, -0.1) is 0 Å². The van der Waals surface area contributed by atoms with Crippen molar-refractivity contribution < 1.29 is 4.39 Å². The van der Waals surface area contributed by atoms with Gasteiger partial charge in [-0.05, 0) is 18.6 Å². The summed E-state index contributed by atoms with van der Waals surface area (Å²) >= 11 is 5.46. The van der Waals surface area contributed by atoms with Crippen molar-refractivity contribution >= 4 is 11.6 Å². The topological polar surface area (TPSA) is 38.9 Å². The number of halogens is 2. The summed E-state index contributed by atoms with van der Waals surface area (Å²) in [6.45, 7) is 1.78. The zero-order valence-electron chi connectivity index (χ0n) is 6.01. The predicted octanol–water partition coefficient (Wildman–Crippen LogP) is 1.89. The summed E-state index contributed by atoms with van der Waals surface area (Å²) in [7, 11) is 0. The fourth-order valence-corrected chi connectivity index (χ4v) is 0.860. The van der Waals surface area contributed by atoms with E-state index in [2.05, 4.69) is 4.98 Å². The quantitative estimate of drug-likeness (QED) is 0.661. The van der Waals surface area contributed by atoms with E-state index in [1.807, 2.05) is 0 Å². The number of hydrogen-bond donors (Lipinski definition) is 1.